The quantitative estimate of drug-likeness (QED) is 0.277. The van der Waals surface area contributed by atoms with Crippen LogP contribution in [0.4, 0.5) is 11.4 Å². The molecule has 0 radical (unpaired) electrons. The van der Waals surface area contributed by atoms with Gasteiger partial charge in [-0.1, -0.05) is 48.5 Å². The Morgan fingerprint density at radius 3 is 1.49 bits per heavy atom. The molecule has 0 fully saturated rings. The van der Waals surface area contributed by atoms with Crippen LogP contribution in [0.1, 0.15) is 37.2 Å². The van der Waals surface area contributed by atoms with E-state index in [4.69, 9.17) is 0 Å². The summed E-state index contributed by atoms with van der Waals surface area (Å²) in [6.45, 7) is 2.78. The third-order valence-electron chi connectivity index (χ3n) is 6.01. The van der Waals surface area contributed by atoms with Gasteiger partial charge in [-0.2, -0.15) is 0 Å². The van der Waals surface area contributed by atoms with E-state index < -0.39 is 33.6 Å². The molecule has 2 amide bonds. The maximum absolute atomic E-state index is 13.1. The molecule has 4 aromatic rings. The number of hydrogen-bond donors (Lipinski definition) is 4. The molecule has 0 aliphatic rings. The highest BCUT2D eigenvalue weighted by molar-refractivity contribution is 7.91. The lowest BCUT2D eigenvalue weighted by Crippen LogP contribution is -2.22. The highest BCUT2D eigenvalue weighted by Gasteiger charge is 2.25. The van der Waals surface area contributed by atoms with Crippen LogP contribution in [0.2, 0.25) is 0 Å². The third kappa shape index (κ3) is 6.32. The van der Waals surface area contributed by atoms with Crippen LogP contribution in [-0.4, -0.2) is 42.0 Å². The van der Waals surface area contributed by atoms with E-state index in [1.54, 1.807) is 60.7 Å². The number of rotatable bonds is 8. The van der Waals surface area contributed by atoms with Crippen molar-refractivity contribution >= 4 is 54.6 Å². The Morgan fingerprint density at radius 1 is 0.703 bits per heavy atom. The van der Waals surface area contributed by atoms with Gasteiger partial charge >= 0.3 is 0 Å². The number of anilines is 2. The summed E-state index contributed by atoms with van der Waals surface area (Å²) in [6, 6.07) is 20.8. The van der Waals surface area contributed by atoms with Crippen LogP contribution in [0.5, 0.6) is 0 Å². The second-order valence-electron chi connectivity index (χ2n) is 9.04. The van der Waals surface area contributed by atoms with Crippen molar-refractivity contribution in [3.05, 3.63) is 83.9 Å². The van der Waals surface area contributed by atoms with Gasteiger partial charge in [0.05, 0.1) is 23.7 Å². The van der Waals surface area contributed by atoms with Crippen molar-refractivity contribution in [3.63, 3.8) is 0 Å². The molecule has 0 bridgehead atoms. The van der Waals surface area contributed by atoms with Gasteiger partial charge in [0.15, 0.2) is 9.84 Å². The summed E-state index contributed by atoms with van der Waals surface area (Å²) >= 11 is 0. The molecule has 37 heavy (non-hydrogen) atoms. The van der Waals surface area contributed by atoms with Crippen LogP contribution in [0.3, 0.4) is 0 Å². The first-order valence-electron chi connectivity index (χ1n) is 11.7. The summed E-state index contributed by atoms with van der Waals surface area (Å²) in [4.78, 5) is 22.9. The monoisotopic (exact) mass is 520 g/mol. The first-order chi connectivity index (χ1) is 17.5. The number of benzene rings is 4. The fourth-order valence-corrected chi connectivity index (χ4v) is 5.92. The van der Waals surface area contributed by atoms with Crippen molar-refractivity contribution < 1.29 is 28.2 Å². The van der Waals surface area contributed by atoms with Gasteiger partial charge in [-0.05, 0) is 56.9 Å². The molecule has 4 aromatic carbocycles. The predicted molar refractivity (Wildman–Crippen MR) is 145 cm³/mol. The second-order valence-corrected chi connectivity index (χ2v) is 11.2. The summed E-state index contributed by atoms with van der Waals surface area (Å²) in [5.41, 5.74) is 1.89. The molecule has 2 atom stereocenters. The zero-order chi connectivity index (χ0) is 26.7. The van der Waals surface area contributed by atoms with Crippen LogP contribution < -0.4 is 10.6 Å². The molecule has 0 heterocycles. The number of amides is 2. The molecular weight excluding hydrogens is 492 g/mol. The van der Waals surface area contributed by atoms with E-state index in [2.05, 4.69) is 10.6 Å². The van der Waals surface area contributed by atoms with E-state index >= 15 is 0 Å². The molecule has 192 valence electrons. The molecule has 4 rings (SSSR count). The molecule has 0 aliphatic carbocycles. The first kappa shape index (κ1) is 26.3. The molecule has 0 aliphatic heterocycles. The maximum Gasteiger partial charge on any atom is 0.221 e. The number of aliphatic hydroxyl groups excluding tert-OH is 2. The number of fused-ring (bicyclic) bond motifs is 2. The van der Waals surface area contributed by atoms with Crippen molar-refractivity contribution in [1.29, 1.82) is 0 Å². The molecule has 0 saturated carbocycles. The van der Waals surface area contributed by atoms with Gasteiger partial charge < -0.3 is 20.8 Å². The SMILES string of the molecule is CC(=O)Nc1ccc2cccc(C(O)CS(=O)(=O)CC(O)c3cccc4ccc(NC(C)=O)cc34)c2c1. The number of carbonyl (C=O) groups is 2. The van der Waals surface area contributed by atoms with E-state index in [0.29, 0.717) is 33.3 Å². The van der Waals surface area contributed by atoms with E-state index in [0.717, 1.165) is 10.8 Å². The van der Waals surface area contributed by atoms with E-state index in [1.807, 2.05) is 12.1 Å². The summed E-state index contributed by atoms with van der Waals surface area (Å²) in [6.07, 6.45) is -2.68. The highest BCUT2D eigenvalue weighted by Crippen LogP contribution is 2.31. The summed E-state index contributed by atoms with van der Waals surface area (Å²) in [5.74, 6) is -1.66. The third-order valence-corrected chi connectivity index (χ3v) is 7.66. The molecule has 0 aromatic heterocycles. The molecule has 4 N–H and O–H groups in total. The summed E-state index contributed by atoms with van der Waals surface area (Å²) in [7, 11) is -3.91. The maximum atomic E-state index is 13.1. The molecule has 0 saturated heterocycles. The average molecular weight is 521 g/mol. The Kier molecular flexibility index (Phi) is 7.58. The Labute approximate surface area is 214 Å². The molecular formula is C28H28N2O6S. The zero-order valence-corrected chi connectivity index (χ0v) is 21.2. The normalized spacial score (nSPS) is 13.3. The van der Waals surface area contributed by atoms with Gasteiger partial charge in [-0.15, -0.1) is 0 Å². The molecule has 8 nitrogen and oxygen atoms in total. The Hall–Kier alpha value is -3.79. The van der Waals surface area contributed by atoms with Crippen LogP contribution in [0, 0.1) is 0 Å². The largest absolute Gasteiger partial charge is 0.387 e. The van der Waals surface area contributed by atoms with Crippen molar-refractivity contribution in [3.8, 4) is 0 Å². The van der Waals surface area contributed by atoms with Crippen LogP contribution >= 0.6 is 0 Å². The lowest BCUT2D eigenvalue weighted by molar-refractivity contribution is -0.115. The smallest absolute Gasteiger partial charge is 0.221 e. The Morgan fingerprint density at radius 2 is 1.11 bits per heavy atom. The minimum atomic E-state index is -3.91. The standard InChI is InChI=1S/C28H28N2O6S/c1-17(31)29-21-11-9-19-5-3-7-23(25(19)13-21)27(33)15-37(35,36)16-28(34)24-8-4-6-20-10-12-22(14-26(20)24)30-18(2)32/h3-14,27-28,33-34H,15-16H2,1-2H3,(H,29,31)(H,30,32). The number of hydrogen-bond acceptors (Lipinski definition) is 6. The molecule has 9 heteroatoms. The summed E-state index contributed by atoms with van der Waals surface area (Å²) < 4.78 is 26.1. The number of aliphatic hydroxyl groups is 2. The molecule has 0 spiro atoms. The van der Waals surface area contributed by atoms with Crippen molar-refractivity contribution in [2.75, 3.05) is 22.1 Å². The van der Waals surface area contributed by atoms with E-state index in [9.17, 15) is 28.2 Å². The Bertz CT molecular complexity index is 1490. The zero-order valence-electron chi connectivity index (χ0n) is 20.4. The molecule has 2 unspecified atom stereocenters. The van der Waals surface area contributed by atoms with E-state index in [1.165, 1.54) is 13.8 Å². The number of carbonyl (C=O) groups excluding carboxylic acids is 2. The van der Waals surface area contributed by atoms with Crippen molar-refractivity contribution in [2.24, 2.45) is 0 Å². The number of sulfone groups is 1. The van der Waals surface area contributed by atoms with Crippen LogP contribution in [0.15, 0.2) is 72.8 Å². The van der Waals surface area contributed by atoms with Crippen LogP contribution in [-0.2, 0) is 19.4 Å². The van der Waals surface area contributed by atoms with Gasteiger partial charge in [0.2, 0.25) is 11.8 Å². The van der Waals surface area contributed by atoms with Gasteiger partial charge in [0, 0.05) is 25.2 Å². The van der Waals surface area contributed by atoms with Gasteiger partial charge in [0.25, 0.3) is 0 Å². The topological polar surface area (TPSA) is 133 Å². The lowest BCUT2D eigenvalue weighted by atomic mass is 10.0. The highest BCUT2D eigenvalue weighted by atomic mass is 32.2. The van der Waals surface area contributed by atoms with Crippen LogP contribution in [0.25, 0.3) is 21.5 Å². The van der Waals surface area contributed by atoms with Crippen molar-refractivity contribution in [1.82, 2.24) is 0 Å². The Balaban J connectivity index is 1.58. The lowest BCUT2D eigenvalue weighted by Gasteiger charge is -2.18. The van der Waals surface area contributed by atoms with Gasteiger partial charge in [-0.25, -0.2) is 8.42 Å². The number of nitrogens with one attached hydrogen (secondary N) is 2. The average Bonchev–Trinajstić information content (AvgIpc) is 2.81. The first-order valence-corrected chi connectivity index (χ1v) is 13.5. The fraction of sp³-hybridized carbons (Fsp3) is 0.214. The predicted octanol–water partition coefficient (Wildman–Crippen LogP) is 4.09. The minimum absolute atomic E-state index is 0.244. The summed E-state index contributed by atoms with van der Waals surface area (Å²) in [5, 5.41) is 30.0. The van der Waals surface area contributed by atoms with Crippen molar-refractivity contribution in [2.45, 2.75) is 26.1 Å². The van der Waals surface area contributed by atoms with E-state index in [-0.39, 0.29) is 11.8 Å². The van der Waals surface area contributed by atoms with Gasteiger partial charge in [0.1, 0.15) is 0 Å². The fourth-order valence-electron chi connectivity index (χ4n) is 4.47. The van der Waals surface area contributed by atoms with Gasteiger partial charge in [-0.3, -0.25) is 9.59 Å². The second kappa shape index (κ2) is 10.7. The minimum Gasteiger partial charge on any atom is -0.387 e.